The average molecular weight is 91.9 g/mol. The molecule has 0 N–H and O–H groups in total. The molecule has 0 unspecified atom stereocenters. The van der Waals surface area contributed by atoms with Crippen molar-refractivity contribution < 1.29 is 0 Å². The van der Waals surface area contributed by atoms with E-state index in [-0.39, 0.29) is 8.41 Å². The Morgan fingerprint density at radius 3 is 2.00 bits per heavy atom. The molecule has 0 amide bonds. The molecule has 0 nitrogen and oxygen atoms in total. The van der Waals surface area contributed by atoms with Crippen LogP contribution in [0.2, 0.25) is 5.09 Å². The molecule has 0 aromatic heterocycles. The van der Waals surface area contributed by atoms with Gasteiger partial charge in [0.1, 0.15) is 0 Å². The molecule has 0 rings (SSSR count). The molecule has 0 saturated carbocycles. The van der Waals surface area contributed by atoms with Gasteiger partial charge >= 0.3 is 49.0 Å². The van der Waals surface area contributed by atoms with Crippen molar-refractivity contribution >= 4 is 26.1 Å². The Labute approximate surface area is 57.8 Å². The number of unbranched alkanes of at least 4 members (excludes halogenated alkanes) is 2. The number of hydrogen-bond acceptors (Lipinski definition) is 0. The molecule has 0 spiro atoms. The quantitative estimate of drug-likeness (QED) is 0.352. The Balaban J connectivity index is 0. The minimum absolute atomic E-state index is 0. The molecule has 0 aliphatic carbocycles. The fraction of sp³-hybridized carbons (Fsp3) is 1.00. The van der Waals surface area contributed by atoms with Gasteiger partial charge in [-0.3, -0.25) is 0 Å². The standard InChI is InChI=1S/C5H11.BH3.Li/c1-3-5-4-2;;/h1,3-5H2,2H3;1H3;. The summed E-state index contributed by atoms with van der Waals surface area (Å²) in [6.45, 7) is 2.23. The molecule has 0 saturated heterocycles. The SMILES string of the molecule is B.[Li][CH2]CCCC. The van der Waals surface area contributed by atoms with Crippen molar-refractivity contribution in [3.63, 3.8) is 0 Å². The summed E-state index contributed by atoms with van der Waals surface area (Å²) in [5.74, 6) is 0. The Morgan fingerprint density at radius 1 is 1.29 bits per heavy atom. The van der Waals surface area contributed by atoms with Crippen LogP contribution in [0.1, 0.15) is 26.2 Å². The Bertz CT molecular complexity index is 20.0. The fourth-order valence-corrected chi connectivity index (χ4v) is 0.500. The van der Waals surface area contributed by atoms with Crippen LogP contribution < -0.4 is 0 Å². The van der Waals surface area contributed by atoms with Crippen molar-refractivity contribution in [3.05, 3.63) is 0 Å². The Kier molecular flexibility index (Phi) is 14.9. The van der Waals surface area contributed by atoms with Crippen LogP contribution in [-0.2, 0) is 0 Å². The molecule has 7 heavy (non-hydrogen) atoms. The zero-order chi connectivity index (χ0) is 4.83. The van der Waals surface area contributed by atoms with Gasteiger partial charge in [-0.05, 0) is 0 Å². The molecular weight excluding hydrogens is 77.8 g/mol. The molecule has 0 aromatic carbocycles. The molecule has 0 atom stereocenters. The van der Waals surface area contributed by atoms with E-state index in [4.69, 9.17) is 0 Å². The van der Waals surface area contributed by atoms with Gasteiger partial charge in [-0.1, -0.05) is 0 Å². The van der Waals surface area contributed by atoms with E-state index in [2.05, 4.69) is 24.6 Å². The van der Waals surface area contributed by atoms with Crippen LogP contribution in [-0.4, -0.2) is 26.1 Å². The first-order valence-corrected chi connectivity index (χ1v) is 2.91. The van der Waals surface area contributed by atoms with Crippen molar-refractivity contribution in [3.8, 4) is 0 Å². The van der Waals surface area contributed by atoms with Gasteiger partial charge < -0.3 is 0 Å². The predicted molar refractivity (Wildman–Crippen MR) is 40.0 cm³/mol. The van der Waals surface area contributed by atoms with Gasteiger partial charge in [-0.2, -0.15) is 0 Å². The van der Waals surface area contributed by atoms with Gasteiger partial charge in [0.15, 0.2) is 0 Å². The van der Waals surface area contributed by atoms with E-state index in [1.54, 1.807) is 0 Å². The second kappa shape index (κ2) is 9.83. The van der Waals surface area contributed by atoms with Crippen molar-refractivity contribution in [1.82, 2.24) is 0 Å². The van der Waals surface area contributed by atoms with Gasteiger partial charge in [-0.15, -0.1) is 0 Å². The van der Waals surface area contributed by atoms with Crippen LogP contribution in [0, 0.1) is 0 Å². The van der Waals surface area contributed by atoms with Crippen molar-refractivity contribution in [2.24, 2.45) is 0 Å². The van der Waals surface area contributed by atoms with E-state index in [0.29, 0.717) is 0 Å². The van der Waals surface area contributed by atoms with Crippen LogP contribution >= 0.6 is 0 Å². The first kappa shape index (κ1) is 10.6. The fourth-order valence-electron chi connectivity index (χ4n) is 0.500. The molecule has 0 bridgehead atoms. The molecular formula is C5H14BLi. The third kappa shape index (κ3) is 10.8. The van der Waals surface area contributed by atoms with Gasteiger partial charge in [-0.25, -0.2) is 0 Å². The van der Waals surface area contributed by atoms with E-state index in [1.165, 1.54) is 24.4 Å². The van der Waals surface area contributed by atoms with E-state index < -0.39 is 0 Å². The maximum absolute atomic E-state index is 2.23. The molecule has 2 heteroatoms. The zero-order valence-electron chi connectivity index (χ0n) is 4.83. The molecule has 0 heterocycles. The monoisotopic (exact) mass is 92.1 g/mol. The van der Waals surface area contributed by atoms with Gasteiger partial charge in [0.05, 0.1) is 8.41 Å². The summed E-state index contributed by atoms with van der Waals surface area (Å²) in [6, 6.07) is 0. The second-order valence-corrected chi connectivity index (χ2v) is 1.71. The topological polar surface area (TPSA) is 0 Å². The van der Waals surface area contributed by atoms with Crippen molar-refractivity contribution in [2.45, 2.75) is 31.3 Å². The normalized spacial score (nSPS) is 7.86. The summed E-state index contributed by atoms with van der Waals surface area (Å²) in [7, 11) is 0. The van der Waals surface area contributed by atoms with E-state index in [1.807, 2.05) is 0 Å². The van der Waals surface area contributed by atoms with E-state index >= 15 is 0 Å². The Morgan fingerprint density at radius 2 is 1.86 bits per heavy atom. The van der Waals surface area contributed by atoms with Gasteiger partial charge in [0, 0.05) is 0 Å². The zero-order valence-corrected chi connectivity index (χ0v) is 4.83. The summed E-state index contributed by atoms with van der Waals surface area (Å²) in [6.07, 6.45) is 4.18. The third-order valence-corrected chi connectivity index (χ3v) is 0.957. The summed E-state index contributed by atoms with van der Waals surface area (Å²) in [5.41, 5.74) is 0. The van der Waals surface area contributed by atoms with Crippen LogP contribution in [0.5, 0.6) is 0 Å². The number of rotatable bonds is 3. The number of hydrogen-bond donors (Lipinski definition) is 0. The summed E-state index contributed by atoms with van der Waals surface area (Å²) in [5, 5.41) is 1.36. The molecule has 38 valence electrons. The molecule has 0 fully saturated rings. The molecule has 0 aliphatic rings. The summed E-state index contributed by atoms with van der Waals surface area (Å²) >= 11 is 2.23. The molecule has 0 aromatic rings. The van der Waals surface area contributed by atoms with Crippen LogP contribution in [0.4, 0.5) is 0 Å². The van der Waals surface area contributed by atoms with Crippen LogP contribution in [0.25, 0.3) is 0 Å². The molecule has 0 radical (unpaired) electrons. The maximum atomic E-state index is 2.23. The predicted octanol–water partition coefficient (Wildman–Crippen LogP) is 0.579. The summed E-state index contributed by atoms with van der Waals surface area (Å²) in [4.78, 5) is 0. The van der Waals surface area contributed by atoms with Gasteiger partial charge in [0.2, 0.25) is 0 Å². The second-order valence-electron chi connectivity index (χ2n) is 1.71. The van der Waals surface area contributed by atoms with E-state index in [9.17, 15) is 0 Å². The van der Waals surface area contributed by atoms with E-state index in [0.717, 1.165) is 0 Å². The van der Waals surface area contributed by atoms with Crippen LogP contribution in [0.3, 0.4) is 0 Å². The van der Waals surface area contributed by atoms with Crippen molar-refractivity contribution in [1.29, 1.82) is 0 Å². The summed E-state index contributed by atoms with van der Waals surface area (Å²) < 4.78 is 0. The first-order chi connectivity index (χ1) is 2.91. The minimum atomic E-state index is 0. The first-order valence-electron chi connectivity index (χ1n) is 2.91. The third-order valence-electron chi connectivity index (χ3n) is 0.957. The molecule has 0 aliphatic heterocycles. The van der Waals surface area contributed by atoms with Crippen LogP contribution in [0.15, 0.2) is 0 Å². The Hall–Kier alpha value is 0.662. The average Bonchev–Trinajstić information content (AvgIpc) is 1.61. The van der Waals surface area contributed by atoms with Crippen molar-refractivity contribution in [2.75, 3.05) is 0 Å². The van der Waals surface area contributed by atoms with Gasteiger partial charge in [0.25, 0.3) is 0 Å².